The highest BCUT2D eigenvalue weighted by Gasteiger charge is 2.36. The van der Waals surface area contributed by atoms with Crippen LogP contribution in [0.3, 0.4) is 0 Å². The second-order valence-corrected chi connectivity index (χ2v) is 10.4. The van der Waals surface area contributed by atoms with E-state index in [1.807, 2.05) is 0 Å². The van der Waals surface area contributed by atoms with E-state index in [9.17, 15) is 0 Å². The van der Waals surface area contributed by atoms with Crippen molar-refractivity contribution in [1.82, 2.24) is 0 Å². The second-order valence-electron chi connectivity index (χ2n) is 5.56. The molecule has 0 radical (unpaired) electrons. The molecule has 0 aromatic heterocycles. The molecule has 0 spiro atoms. The number of ether oxygens (including phenoxy) is 2. The number of hydrogen-bond donors (Lipinski definition) is 1. The molecule has 1 N–H and O–H groups in total. The largest absolute Gasteiger partial charge is 0.414 e. The molecule has 4 nitrogen and oxygen atoms in total. The summed E-state index contributed by atoms with van der Waals surface area (Å²) < 4.78 is 16.4. The van der Waals surface area contributed by atoms with Crippen molar-refractivity contribution >= 4 is 8.32 Å². The normalized spacial score (nSPS) is 13.1. The maximum Gasteiger partial charge on any atom is 0.192 e. The van der Waals surface area contributed by atoms with Crippen LogP contribution in [-0.4, -0.2) is 53.1 Å². The third-order valence-electron chi connectivity index (χ3n) is 3.10. The van der Waals surface area contributed by atoms with Gasteiger partial charge in [0.05, 0.1) is 39.6 Å². The fourth-order valence-corrected chi connectivity index (χ4v) is 1.99. The van der Waals surface area contributed by atoms with Crippen molar-refractivity contribution in [2.24, 2.45) is 0 Å². The molecule has 0 amide bonds. The Labute approximate surface area is 106 Å². The number of hydrogen-bond acceptors (Lipinski definition) is 4. The molecule has 0 bridgehead atoms. The van der Waals surface area contributed by atoms with E-state index in [2.05, 4.69) is 33.9 Å². The molecule has 0 saturated heterocycles. The van der Waals surface area contributed by atoms with Gasteiger partial charge in [-0.25, -0.2) is 0 Å². The van der Waals surface area contributed by atoms with E-state index < -0.39 is 8.32 Å². The van der Waals surface area contributed by atoms with E-state index >= 15 is 0 Å². The number of aliphatic hydroxyl groups excluding tert-OH is 1. The van der Waals surface area contributed by atoms with Gasteiger partial charge in [0.2, 0.25) is 0 Å². The Morgan fingerprint density at radius 2 is 1.35 bits per heavy atom. The Balaban J connectivity index is 3.46. The van der Waals surface area contributed by atoms with Gasteiger partial charge in [-0.1, -0.05) is 20.8 Å². The molecular formula is C12H28O4Si. The molecule has 0 aliphatic rings. The third-order valence-corrected chi connectivity index (χ3v) is 7.64. The van der Waals surface area contributed by atoms with Crippen LogP contribution in [0.15, 0.2) is 0 Å². The van der Waals surface area contributed by atoms with E-state index in [1.54, 1.807) is 0 Å². The lowest BCUT2D eigenvalue weighted by molar-refractivity contribution is 0.0234. The highest BCUT2D eigenvalue weighted by Crippen LogP contribution is 2.36. The summed E-state index contributed by atoms with van der Waals surface area (Å²) in [4.78, 5) is 0. The van der Waals surface area contributed by atoms with Crippen LogP contribution < -0.4 is 0 Å². The van der Waals surface area contributed by atoms with E-state index in [-0.39, 0.29) is 11.6 Å². The fourth-order valence-electron chi connectivity index (χ4n) is 0.959. The van der Waals surface area contributed by atoms with Gasteiger partial charge in [-0.05, 0) is 18.1 Å². The summed E-state index contributed by atoms with van der Waals surface area (Å²) >= 11 is 0. The van der Waals surface area contributed by atoms with Gasteiger partial charge in [0.1, 0.15) is 0 Å². The zero-order valence-corrected chi connectivity index (χ0v) is 12.9. The first-order valence-corrected chi connectivity index (χ1v) is 9.12. The predicted molar refractivity (Wildman–Crippen MR) is 71.9 cm³/mol. The lowest BCUT2D eigenvalue weighted by Crippen LogP contribution is -2.41. The Hall–Kier alpha value is 0.0569. The second kappa shape index (κ2) is 8.21. The smallest absolute Gasteiger partial charge is 0.192 e. The van der Waals surface area contributed by atoms with Crippen LogP contribution in [0.1, 0.15) is 20.8 Å². The topological polar surface area (TPSA) is 47.9 Å². The molecule has 0 atom stereocenters. The average molecular weight is 264 g/mol. The van der Waals surface area contributed by atoms with Gasteiger partial charge >= 0.3 is 0 Å². The van der Waals surface area contributed by atoms with Crippen molar-refractivity contribution in [2.75, 3.05) is 39.6 Å². The Bertz CT molecular complexity index is 189. The van der Waals surface area contributed by atoms with Gasteiger partial charge < -0.3 is 19.0 Å². The molecule has 0 fully saturated rings. The van der Waals surface area contributed by atoms with Gasteiger partial charge in [-0.3, -0.25) is 0 Å². The van der Waals surface area contributed by atoms with E-state index in [0.717, 1.165) is 0 Å². The Morgan fingerprint density at radius 1 is 0.882 bits per heavy atom. The van der Waals surface area contributed by atoms with Crippen LogP contribution in [-0.2, 0) is 13.9 Å². The van der Waals surface area contributed by atoms with Crippen LogP contribution in [0, 0.1) is 0 Å². The minimum atomic E-state index is -1.63. The van der Waals surface area contributed by atoms with Gasteiger partial charge in [-0.15, -0.1) is 0 Å². The summed E-state index contributed by atoms with van der Waals surface area (Å²) in [6.07, 6.45) is 0. The maximum absolute atomic E-state index is 8.49. The van der Waals surface area contributed by atoms with Crippen LogP contribution >= 0.6 is 0 Å². The van der Waals surface area contributed by atoms with Crippen molar-refractivity contribution in [3.8, 4) is 0 Å². The maximum atomic E-state index is 8.49. The summed E-state index contributed by atoms with van der Waals surface area (Å²) in [5, 5.41) is 8.74. The standard InChI is InChI=1S/C12H28O4Si/c1-12(2,3)17(4,5)16-11-10-15-9-8-14-7-6-13/h13H,6-11H2,1-5H3. The zero-order chi connectivity index (χ0) is 13.4. The molecule has 0 aromatic carbocycles. The van der Waals surface area contributed by atoms with E-state index in [4.69, 9.17) is 19.0 Å². The SMILES string of the molecule is CC(C)(C)[Si](C)(C)OCCOCCOCCO. The van der Waals surface area contributed by atoms with Gasteiger partial charge in [0.25, 0.3) is 0 Å². The van der Waals surface area contributed by atoms with Gasteiger partial charge in [0, 0.05) is 0 Å². The van der Waals surface area contributed by atoms with Crippen molar-refractivity contribution in [3.63, 3.8) is 0 Å². The minimum absolute atomic E-state index is 0.0640. The third kappa shape index (κ3) is 7.89. The molecule has 104 valence electrons. The van der Waals surface area contributed by atoms with Crippen LogP contribution in [0.2, 0.25) is 18.1 Å². The molecule has 0 aliphatic heterocycles. The molecular weight excluding hydrogens is 236 g/mol. The van der Waals surface area contributed by atoms with Crippen molar-refractivity contribution in [2.45, 2.75) is 38.9 Å². The molecule has 0 aromatic rings. The summed E-state index contributed by atoms with van der Waals surface area (Å²) in [7, 11) is -1.63. The van der Waals surface area contributed by atoms with Gasteiger partial charge in [0.15, 0.2) is 8.32 Å². The summed E-state index contributed by atoms with van der Waals surface area (Å²) in [5.41, 5.74) is 0. The lowest BCUT2D eigenvalue weighted by Gasteiger charge is -2.36. The average Bonchev–Trinajstić information content (AvgIpc) is 2.20. The minimum Gasteiger partial charge on any atom is -0.414 e. The van der Waals surface area contributed by atoms with Crippen LogP contribution in [0.5, 0.6) is 0 Å². The molecule has 0 unspecified atom stereocenters. The first-order valence-electron chi connectivity index (χ1n) is 6.21. The highest BCUT2D eigenvalue weighted by atomic mass is 28.4. The van der Waals surface area contributed by atoms with Gasteiger partial charge in [-0.2, -0.15) is 0 Å². The Morgan fingerprint density at radius 3 is 1.82 bits per heavy atom. The van der Waals surface area contributed by atoms with Crippen molar-refractivity contribution < 1.29 is 19.0 Å². The molecule has 17 heavy (non-hydrogen) atoms. The Kier molecular flexibility index (Phi) is 8.24. The molecule has 0 rings (SSSR count). The quantitative estimate of drug-likeness (QED) is 0.511. The molecule has 0 aliphatic carbocycles. The van der Waals surface area contributed by atoms with Crippen molar-refractivity contribution in [3.05, 3.63) is 0 Å². The summed E-state index contributed by atoms with van der Waals surface area (Å²) in [6, 6.07) is 0. The first-order chi connectivity index (χ1) is 7.81. The summed E-state index contributed by atoms with van der Waals surface area (Å²) in [5.74, 6) is 0. The molecule has 0 saturated carbocycles. The highest BCUT2D eigenvalue weighted by molar-refractivity contribution is 6.74. The zero-order valence-electron chi connectivity index (χ0n) is 11.9. The van der Waals surface area contributed by atoms with E-state index in [0.29, 0.717) is 33.0 Å². The van der Waals surface area contributed by atoms with E-state index in [1.165, 1.54) is 0 Å². The fraction of sp³-hybridized carbons (Fsp3) is 1.00. The van der Waals surface area contributed by atoms with Crippen LogP contribution in [0.25, 0.3) is 0 Å². The molecule has 5 heteroatoms. The monoisotopic (exact) mass is 264 g/mol. The lowest BCUT2D eigenvalue weighted by atomic mass is 10.2. The number of rotatable bonds is 9. The number of aliphatic hydroxyl groups is 1. The van der Waals surface area contributed by atoms with Crippen molar-refractivity contribution in [1.29, 1.82) is 0 Å². The molecule has 0 heterocycles. The van der Waals surface area contributed by atoms with Crippen LogP contribution in [0.4, 0.5) is 0 Å². The summed E-state index contributed by atoms with van der Waals surface area (Å²) in [6.45, 7) is 13.9. The first kappa shape index (κ1) is 17.1. The predicted octanol–water partition coefficient (Wildman–Crippen LogP) is 2.03.